The van der Waals surface area contributed by atoms with E-state index < -0.39 is 0 Å². The van der Waals surface area contributed by atoms with E-state index in [4.69, 9.17) is 4.74 Å². The second-order valence-electron chi connectivity index (χ2n) is 6.91. The summed E-state index contributed by atoms with van der Waals surface area (Å²) in [4.78, 5) is 37.9. The predicted molar refractivity (Wildman–Crippen MR) is 117 cm³/mol. The van der Waals surface area contributed by atoms with Crippen LogP contribution in [0.5, 0.6) is 0 Å². The summed E-state index contributed by atoms with van der Waals surface area (Å²) in [7, 11) is 0. The normalized spacial score (nSPS) is 10.3. The summed E-state index contributed by atoms with van der Waals surface area (Å²) >= 11 is 0. The Morgan fingerprint density at radius 1 is 0.900 bits per heavy atom. The molecule has 0 fully saturated rings. The standard InChI is InChI=1S/C24H30N2O4/c1-3-26(4-2)24(29)20-12-14-21(15-13-20)25-22(27)16-17-23(28)30-18-8-11-19-9-6-5-7-10-19/h5-7,9-10,12-15H,3-4,8,11,16-18H2,1-2H3,(H,25,27). The monoisotopic (exact) mass is 410 g/mol. The Labute approximate surface area is 178 Å². The highest BCUT2D eigenvalue weighted by Gasteiger charge is 2.13. The van der Waals surface area contributed by atoms with E-state index in [1.807, 2.05) is 44.2 Å². The van der Waals surface area contributed by atoms with Gasteiger partial charge in [-0.1, -0.05) is 30.3 Å². The Morgan fingerprint density at radius 2 is 1.57 bits per heavy atom. The van der Waals surface area contributed by atoms with Crippen molar-refractivity contribution in [1.29, 1.82) is 0 Å². The van der Waals surface area contributed by atoms with Crippen LogP contribution >= 0.6 is 0 Å². The van der Waals surface area contributed by atoms with Crippen molar-refractivity contribution in [2.45, 2.75) is 39.5 Å². The lowest BCUT2D eigenvalue weighted by Gasteiger charge is -2.18. The molecule has 1 N–H and O–H groups in total. The number of hydrogen-bond donors (Lipinski definition) is 1. The van der Waals surface area contributed by atoms with Crippen LogP contribution in [0.2, 0.25) is 0 Å². The molecule has 160 valence electrons. The van der Waals surface area contributed by atoms with Gasteiger partial charge in [-0.05, 0) is 56.5 Å². The minimum absolute atomic E-state index is 0.0344. The molecule has 2 amide bonds. The molecule has 0 atom stereocenters. The average Bonchev–Trinajstić information content (AvgIpc) is 2.77. The Hall–Kier alpha value is -3.15. The fraction of sp³-hybridized carbons (Fsp3) is 0.375. The van der Waals surface area contributed by atoms with Crippen LogP contribution in [0.4, 0.5) is 5.69 Å². The molecule has 0 saturated heterocycles. The number of amides is 2. The molecule has 0 spiro atoms. The molecule has 0 aliphatic heterocycles. The van der Waals surface area contributed by atoms with Crippen LogP contribution in [0.25, 0.3) is 0 Å². The number of anilines is 1. The van der Waals surface area contributed by atoms with Crippen molar-refractivity contribution >= 4 is 23.5 Å². The van der Waals surface area contributed by atoms with E-state index in [9.17, 15) is 14.4 Å². The van der Waals surface area contributed by atoms with Gasteiger partial charge in [-0.15, -0.1) is 0 Å². The molecule has 0 aliphatic carbocycles. The second-order valence-corrected chi connectivity index (χ2v) is 6.91. The molecule has 0 heterocycles. The summed E-state index contributed by atoms with van der Waals surface area (Å²) in [6, 6.07) is 16.8. The fourth-order valence-corrected chi connectivity index (χ4v) is 3.01. The van der Waals surface area contributed by atoms with Crippen LogP contribution in [0.15, 0.2) is 54.6 Å². The number of ether oxygens (including phenoxy) is 1. The number of hydrogen-bond acceptors (Lipinski definition) is 4. The fourth-order valence-electron chi connectivity index (χ4n) is 3.01. The minimum Gasteiger partial charge on any atom is -0.466 e. The zero-order valence-electron chi connectivity index (χ0n) is 17.7. The quantitative estimate of drug-likeness (QED) is 0.448. The Bertz CT molecular complexity index is 815. The van der Waals surface area contributed by atoms with Crippen LogP contribution in [0, 0.1) is 0 Å². The van der Waals surface area contributed by atoms with E-state index in [0.29, 0.717) is 30.9 Å². The van der Waals surface area contributed by atoms with E-state index in [1.54, 1.807) is 29.2 Å². The highest BCUT2D eigenvalue weighted by Crippen LogP contribution is 2.12. The number of nitrogens with zero attached hydrogens (tertiary/aromatic N) is 1. The van der Waals surface area contributed by atoms with Gasteiger partial charge in [-0.2, -0.15) is 0 Å². The molecular weight excluding hydrogens is 380 g/mol. The lowest BCUT2D eigenvalue weighted by Crippen LogP contribution is -2.30. The lowest BCUT2D eigenvalue weighted by atomic mass is 10.1. The zero-order valence-corrected chi connectivity index (χ0v) is 17.7. The SMILES string of the molecule is CCN(CC)C(=O)c1ccc(NC(=O)CCC(=O)OCCCc2ccccc2)cc1. The highest BCUT2D eigenvalue weighted by molar-refractivity contribution is 5.96. The first-order chi connectivity index (χ1) is 14.5. The van der Waals surface area contributed by atoms with Gasteiger partial charge in [-0.3, -0.25) is 14.4 Å². The first-order valence-corrected chi connectivity index (χ1v) is 10.4. The molecule has 0 radical (unpaired) electrons. The molecule has 6 heteroatoms. The summed E-state index contributed by atoms with van der Waals surface area (Å²) in [6.45, 7) is 5.51. The number of esters is 1. The molecular formula is C24H30N2O4. The van der Waals surface area contributed by atoms with E-state index in [2.05, 4.69) is 5.32 Å². The molecule has 2 rings (SSSR count). The molecule has 0 aromatic heterocycles. The number of aryl methyl sites for hydroxylation is 1. The van der Waals surface area contributed by atoms with Gasteiger partial charge < -0.3 is 15.0 Å². The van der Waals surface area contributed by atoms with Crippen molar-refractivity contribution in [1.82, 2.24) is 4.90 Å². The maximum absolute atomic E-state index is 12.3. The number of carbonyl (C=O) groups excluding carboxylic acids is 3. The molecule has 6 nitrogen and oxygen atoms in total. The largest absolute Gasteiger partial charge is 0.466 e. The third kappa shape index (κ3) is 7.70. The summed E-state index contributed by atoms with van der Waals surface area (Å²) in [5, 5.41) is 2.74. The number of carbonyl (C=O) groups is 3. The van der Waals surface area contributed by atoms with Gasteiger partial charge in [-0.25, -0.2) is 0 Å². The lowest BCUT2D eigenvalue weighted by molar-refractivity contribution is -0.144. The Kier molecular flexibility index (Phi) is 9.58. The van der Waals surface area contributed by atoms with Crippen molar-refractivity contribution in [3.63, 3.8) is 0 Å². The van der Waals surface area contributed by atoms with Crippen LogP contribution in [-0.2, 0) is 20.7 Å². The van der Waals surface area contributed by atoms with Crippen molar-refractivity contribution in [2.24, 2.45) is 0 Å². The third-order valence-corrected chi connectivity index (χ3v) is 4.74. The van der Waals surface area contributed by atoms with Crippen LogP contribution in [0.1, 0.15) is 49.0 Å². The van der Waals surface area contributed by atoms with E-state index in [-0.39, 0.29) is 30.6 Å². The third-order valence-electron chi connectivity index (χ3n) is 4.74. The Balaban J connectivity index is 1.67. The van der Waals surface area contributed by atoms with Crippen LogP contribution in [-0.4, -0.2) is 42.4 Å². The average molecular weight is 411 g/mol. The number of nitrogens with one attached hydrogen (secondary N) is 1. The van der Waals surface area contributed by atoms with Crippen LogP contribution in [0.3, 0.4) is 0 Å². The van der Waals surface area contributed by atoms with Crippen molar-refractivity contribution in [2.75, 3.05) is 25.0 Å². The molecule has 2 aromatic rings. The first kappa shape index (κ1) is 23.1. The summed E-state index contributed by atoms with van der Waals surface area (Å²) in [5.41, 5.74) is 2.38. The molecule has 0 unspecified atom stereocenters. The van der Waals surface area contributed by atoms with Gasteiger partial charge in [0.05, 0.1) is 13.0 Å². The van der Waals surface area contributed by atoms with Gasteiger partial charge in [0.15, 0.2) is 0 Å². The summed E-state index contributed by atoms with van der Waals surface area (Å²) in [5.74, 6) is -0.676. The van der Waals surface area contributed by atoms with Crippen molar-refractivity contribution < 1.29 is 19.1 Å². The molecule has 0 aliphatic rings. The topological polar surface area (TPSA) is 75.7 Å². The molecule has 30 heavy (non-hydrogen) atoms. The molecule has 0 bridgehead atoms. The maximum atomic E-state index is 12.3. The summed E-state index contributed by atoms with van der Waals surface area (Å²) < 4.78 is 5.19. The number of rotatable bonds is 11. The van der Waals surface area contributed by atoms with Crippen molar-refractivity contribution in [3.8, 4) is 0 Å². The number of benzene rings is 2. The maximum Gasteiger partial charge on any atom is 0.306 e. The van der Waals surface area contributed by atoms with E-state index in [0.717, 1.165) is 12.8 Å². The minimum atomic E-state index is -0.377. The van der Waals surface area contributed by atoms with Gasteiger partial charge >= 0.3 is 5.97 Å². The van der Waals surface area contributed by atoms with Gasteiger partial charge in [0.1, 0.15) is 0 Å². The highest BCUT2D eigenvalue weighted by atomic mass is 16.5. The van der Waals surface area contributed by atoms with E-state index >= 15 is 0 Å². The predicted octanol–water partition coefficient (Wildman–Crippen LogP) is 4.06. The van der Waals surface area contributed by atoms with Gasteiger partial charge in [0.2, 0.25) is 5.91 Å². The van der Waals surface area contributed by atoms with Gasteiger partial charge in [0.25, 0.3) is 5.91 Å². The molecule has 0 saturated carbocycles. The smallest absolute Gasteiger partial charge is 0.306 e. The molecule has 2 aromatic carbocycles. The second kappa shape index (κ2) is 12.4. The van der Waals surface area contributed by atoms with E-state index in [1.165, 1.54) is 5.56 Å². The van der Waals surface area contributed by atoms with Gasteiger partial charge in [0, 0.05) is 30.8 Å². The Morgan fingerprint density at radius 3 is 2.20 bits per heavy atom. The van der Waals surface area contributed by atoms with Crippen LogP contribution < -0.4 is 5.32 Å². The summed E-state index contributed by atoms with van der Waals surface area (Å²) in [6.07, 6.45) is 1.69. The van der Waals surface area contributed by atoms with Crippen molar-refractivity contribution in [3.05, 3.63) is 65.7 Å². The first-order valence-electron chi connectivity index (χ1n) is 10.4. The zero-order chi connectivity index (χ0) is 21.8.